The molecule has 3 nitrogen and oxygen atoms in total. The van der Waals surface area contributed by atoms with E-state index < -0.39 is 5.97 Å². The van der Waals surface area contributed by atoms with E-state index in [0.717, 1.165) is 12.8 Å². The molecule has 0 saturated heterocycles. The third kappa shape index (κ3) is 8.82. The van der Waals surface area contributed by atoms with Crippen LogP contribution in [0.25, 0.3) is 0 Å². The summed E-state index contributed by atoms with van der Waals surface area (Å²) in [6.45, 7) is 2.10. The minimum atomic E-state index is -0.866. The fraction of sp³-hybridized carbons (Fsp3) is 0.500. The Labute approximate surface area is 78.9 Å². The van der Waals surface area contributed by atoms with E-state index in [4.69, 9.17) is 10.8 Å². The molecule has 0 amide bonds. The van der Waals surface area contributed by atoms with Gasteiger partial charge in [-0.1, -0.05) is 37.6 Å². The summed E-state index contributed by atoms with van der Waals surface area (Å²) in [7, 11) is 0. The molecule has 0 spiro atoms. The van der Waals surface area contributed by atoms with Crippen LogP contribution in [-0.4, -0.2) is 17.1 Å². The molecule has 0 bridgehead atoms. The van der Waals surface area contributed by atoms with E-state index in [1.165, 1.54) is 0 Å². The number of carbonyl (C=O) groups is 1. The maximum Gasteiger partial charge on any atom is 0.305 e. The molecular formula is C10H17NO2. The van der Waals surface area contributed by atoms with Gasteiger partial charge in [-0.2, -0.15) is 0 Å². The summed E-state index contributed by atoms with van der Waals surface area (Å²) in [5.41, 5.74) is 5.49. The maximum atomic E-state index is 10.2. The van der Waals surface area contributed by atoms with Gasteiger partial charge < -0.3 is 10.8 Å². The van der Waals surface area contributed by atoms with Crippen LogP contribution in [0.15, 0.2) is 24.3 Å². The van der Waals surface area contributed by atoms with Gasteiger partial charge in [0.2, 0.25) is 0 Å². The summed E-state index contributed by atoms with van der Waals surface area (Å²) in [4.78, 5) is 10.2. The molecule has 3 N–H and O–H groups in total. The van der Waals surface area contributed by atoms with E-state index in [1.54, 1.807) is 12.2 Å². The van der Waals surface area contributed by atoms with Crippen molar-refractivity contribution in [2.75, 3.05) is 0 Å². The van der Waals surface area contributed by atoms with Crippen molar-refractivity contribution in [2.24, 2.45) is 5.73 Å². The molecule has 3 heteroatoms. The van der Waals surface area contributed by atoms with Crippen molar-refractivity contribution >= 4 is 5.97 Å². The molecule has 74 valence electrons. The van der Waals surface area contributed by atoms with Crippen LogP contribution in [-0.2, 0) is 4.79 Å². The maximum absolute atomic E-state index is 10.2. The summed E-state index contributed by atoms with van der Waals surface area (Å²) in [6, 6.07) is -0.385. The van der Waals surface area contributed by atoms with Gasteiger partial charge in [0.15, 0.2) is 0 Å². The standard InChI is InChI=1S/C10H17NO2/c1-2-3-4-5-6-7-9(11)8-10(12)13/h4-7,9H,2-3,8,11H2,1H3,(H,12,13)/b5-4+,7-6+. The van der Waals surface area contributed by atoms with Crippen LogP contribution in [0.1, 0.15) is 26.2 Å². The number of rotatable bonds is 6. The van der Waals surface area contributed by atoms with E-state index in [1.807, 2.05) is 12.2 Å². The van der Waals surface area contributed by atoms with Crippen molar-refractivity contribution in [3.63, 3.8) is 0 Å². The lowest BCUT2D eigenvalue weighted by Gasteiger charge is -1.99. The van der Waals surface area contributed by atoms with E-state index >= 15 is 0 Å². The zero-order valence-electron chi connectivity index (χ0n) is 7.94. The third-order valence-corrected chi connectivity index (χ3v) is 1.47. The highest BCUT2D eigenvalue weighted by Gasteiger charge is 2.02. The van der Waals surface area contributed by atoms with Gasteiger partial charge in [-0.25, -0.2) is 0 Å². The molecule has 0 rings (SSSR count). The number of nitrogens with two attached hydrogens (primary N) is 1. The van der Waals surface area contributed by atoms with Crippen LogP contribution in [0.2, 0.25) is 0 Å². The van der Waals surface area contributed by atoms with Crippen molar-refractivity contribution in [2.45, 2.75) is 32.2 Å². The molecule has 1 unspecified atom stereocenters. The molecule has 0 saturated carbocycles. The molecule has 1 atom stereocenters. The molecule has 0 heterocycles. The first-order chi connectivity index (χ1) is 6.16. The Kier molecular flexibility index (Phi) is 6.92. The number of carboxylic acid groups (broad SMARTS) is 1. The van der Waals surface area contributed by atoms with Crippen molar-refractivity contribution in [3.05, 3.63) is 24.3 Å². The number of aliphatic carboxylic acids is 1. The fourth-order valence-electron chi connectivity index (χ4n) is 0.818. The van der Waals surface area contributed by atoms with Gasteiger partial charge in [0, 0.05) is 6.04 Å². The number of hydrogen-bond donors (Lipinski definition) is 2. The van der Waals surface area contributed by atoms with E-state index in [-0.39, 0.29) is 12.5 Å². The smallest absolute Gasteiger partial charge is 0.305 e. The minimum absolute atomic E-state index is 0.0158. The van der Waals surface area contributed by atoms with Crippen molar-refractivity contribution < 1.29 is 9.90 Å². The van der Waals surface area contributed by atoms with Crippen LogP contribution in [0.3, 0.4) is 0 Å². The predicted octanol–water partition coefficient (Wildman–Crippen LogP) is 1.70. The molecule has 0 aromatic carbocycles. The van der Waals surface area contributed by atoms with Gasteiger partial charge in [-0.05, 0) is 6.42 Å². The van der Waals surface area contributed by atoms with Gasteiger partial charge in [0.25, 0.3) is 0 Å². The predicted molar refractivity (Wildman–Crippen MR) is 53.4 cm³/mol. The quantitative estimate of drug-likeness (QED) is 0.616. The molecule has 0 fully saturated rings. The topological polar surface area (TPSA) is 63.3 Å². The van der Waals surface area contributed by atoms with Crippen LogP contribution in [0.5, 0.6) is 0 Å². The first-order valence-corrected chi connectivity index (χ1v) is 4.47. The molecule has 0 aromatic rings. The Hall–Kier alpha value is -1.09. The lowest BCUT2D eigenvalue weighted by atomic mass is 10.2. The van der Waals surface area contributed by atoms with Gasteiger partial charge in [0.1, 0.15) is 0 Å². The van der Waals surface area contributed by atoms with Gasteiger partial charge in [0.05, 0.1) is 6.42 Å². The Balaban J connectivity index is 3.64. The van der Waals surface area contributed by atoms with E-state index in [9.17, 15) is 4.79 Å². The second-order valence-electron chi connectivity index (χ2n) is 2.86. The Morgan fingerprint density at radius 2 is 2.23 bits per heavy atom. The van der Waals surface area contributed by atoms with E-state index in [0.29, 0.717) is 0 Å². The fourth-order valence-corrected chi connectivity index (χ4v) is 0.818. The van der Waals surface area contributed by atoms with Crippen molar-refractivity contribution in [3.8, 4) is 0 Å². The lowest BCUT2D eigenvalue weighted by molar-refractivity contribution is -0.137. The highest BCUT2D eigenvalue weighted by molar-refractivity contribution is 5.67. The summed E-state index contributed by atoms with van der Waals surface area (Å²) >= 11 is 0. The van der Waals surface area contributed by atoms with Gasteiger partial charge in [-0.3, -0.25) is 4.79 Å². The number of unbranched alkanes of at least 4 members (excludes halogenated alkanes) is 1. The summed E-state index contributed by atoms with van der Waals surface area (Å²) < 4.78 is 0. The Bertz CT molecular complexity index is 197. The van der Waals surface area contributed by atoms with Crippen molar-refractivity contribution in [1.82, 2.24) is 0 Å². The average molecular weight is 183 g/mol. The van der Waals surface area contributed by atoms with Gasteiger partial charge in [-0.15, -0.1) is 0 Å². The minimum Gasteiger partial charge on any atom is -0.481 e. The molecule has 0 radical (unpaired) electrons. The van der Waals surface area contributed by atoms with Crippen LogP contribution in [0, 0.1) is 0 Å². The number of hydrogen-bond acceptors (Lipinski definition) is 2. The van der Waals surface area contributed by atoms with Crippen LogP contribution >= 0.6 is 0 Å². The largest absolute Gasteiger partial charge is 0.481 e. The van der Waals surface area contributed by atoms with E-state index in [2.05, 4.69) is 6.92 Å². The first-order valence-electron chi connectivity index (χ1n) is 4.47. The SMILES string of the molecule is CCC/C=C/C=C/C(N)CC(=O)O. The molecule has 0 aromatic heterocycles. The summed E-state index contributed by atoms with van der Waals surface area (Å²) in [6.07, 6.45) is 9.56. The number of allylic oxidation sites excluding steroid dienone is 3. The monoisotopic (exact) mass is 183 g/mol. The zero-order valence-corrected chi connectivity index (χ0v) is 7.94. The van der Waals surface area contributed by atoms with Crippen molar-refractivity contribution in [1.29, 1.82) is 0 Å². The zero-order chi connectivity index (χ0) is 10.1. The average Bonchev–Trinajstić information content (AvgIpc) is 2.02. The lowest BCUT2D eigenvalue weighted by Crippen LogP contribution is -2.20. The summed E-state index contributed by atoms with van der Waals surface area (Å²) in [5, 5.41) is 8.39. The molecule has 13 heavy (non-hydrogen) atoms. The van der Waals surface area contributed by atoms with Crippen LogP contribution < -0.4 is 5.73 Å². The van der Waals surface area contributed by atoms with Crippen LogP contribution in [0.4, 0.5) is 0 Å². The second kappa shape index (κ2) is 7.55. The van der Waals surface area contributed by atoms with Gasteiger partial charge >= 0.3 is 5.97 Å². The highest BCUT2D eigenvalue weighted by Crippen LogP contribution is 1.92. The Morgan fingerprint density at radius 3 is 2.77 bits per heavy atom. The molecular weight excluding hydrogens is 166 g/mol. The third-order valence-electron chi connectivity index (χ3n) is 1.47. The first kappa shape index (κ1) is 11.9. The highest BCUT2D eigenvalue weighted by atomic mass is 16.4. The molecule has 0 aliphatic heterocycles. The Morgan fingerprint density at radius 1 is 1.54 bits per heavy atom. The second-order valence-corrected chi connectivity index (χ2v) is 2.86. The molecule has 0 aliphatic rings. The summed E-state index contributed by atoms with van der Waals surface area (Å²) in [5.74, 6) is -0.866. The number of carboxylic acids is 1. The normalized spacial score (nSPS) is 14.0. The molecule has 0 aliphatic carbocycles.